The first-order valence-electron chi connectivity index (χ1n) is 7.75. The number of nitro benzene ring substituents is 1. The predicted molar refractivity (Wildman–Crippen MR) is 90.3 cm³/mol. The highest BCUT2D eigenvalue weighted by Gasteiger charge is 2.28. The van der Waals surface area contributed by atoms with Crippen LogP contribution in [0.25, 0.3) is 11.1 Å². The molecule has 0 amide bonds. The van der Waals surface area contributed by atoms with Gasteiger partial charge in [0.1, 0.15) is 17.5 Å². The molecular weight excluding hydrogens is 324 g/mol. The number of anilines is 1. The Morgan fingerprint density at radius 3 is 2.68 bits per heavy atom. The van der Waals surface area contributed by atoms with Gasteiger partial charge in [0.15, 0.2) is 11.5 Å². The number of ether oxygens (including phenoxy) is 2. The number of benzene rings is 1. The highest BCUT2D eigenvalue weighted by molar-refractivity contribution is 5.86. The van der Waals surface area contributed by atoms with Crippen LogP contribution in [0.1, 0.15) is 30.2 Å². The summed E-state index contributed by atoms with van der Waals surface area (Å²) >= 11 is 0. The van der Waals surface area contributed by atoms with Crippen LogP contribution < -0.4 is 15.2 Å². The fraction of sp³-hybridized carbons (Fsp3) is 0.294. The Bertz CT molecular complexity index is 918. The largest absolute Gasteiger partial charge is 0.454 e. The number of aromatic nitrogens is 1. The third kappa shape index (κ3) is 2.70. The van der Waals surface area contributed by atoms with Gasteiger partial charge in [-0.05, 0) is 25.0 Å². The second kappa shape index (κ2) is 6.28. The van der Waals surface area contributed by atoms with E-state index in [0.717, 1.165) is 12.0 Å². The quantitative estimate of drug-likeness (QED) is 0.669. The molecule has 3 rings (SSSR count). The van der Waals surface area contributed by atoms with Crippen LogP contribution in [0, 0.1) is 28.4 Å². The van der Waals surface area contributed by atoms with E-state index in [-0.39, 0.29) is 29.4 Å². The van der Waals surface area contributed by atoms with Gasteiger partial charge in [0.25, 0.3) is 5.69 Å². The van der Waals surface area contributed by atoms with Crippen molar-refractivity contribution in [3.8, 4) is 28.7 Å². The van der Waals surface area contributed by atoms with E-state index in [9.17, 15) is 15.4 Å². The molecule has 2 heterocycles. The number of fused-ring (bicyclic) bond motifs is 1. The third-order valence-electron chi connectivity index (χ3n) is 4.10. The molecule has 0 saturated carbocycles. The Morgan fingerprint density at radius 1 is 1.40 bits per heavy atom. The van der Waals surface area contributed by atoms with Crippen LogP contribution in [0.5, 0.6) is 11.5 Å². The van der Waals surface area contributed by atoms with Gasteiger partial charge in [-0.15, -0.1) is 0 Å². The fourth-order valence-electron chi connectivity index (χ4n) is 3.01. The Kier molecular flexibility index (Phi) is 4.15. The van der Waals surface area contributed by atoms with E-state index >= 15 is 0 Å². The van der Waals surface area contributed by atoms with E-state index in [1.165, 1.54) is 12.1 Å². The lowest BCUT2D eigenvalue weighted by Crippen LogP contribution is -2.06. The molecule has 2 aromatic rings. The van der Waals surface area contributed by atoms with Gasteiger partial charge in [-0.2, -0.15) is 5.26 Å². The van der Waals surface area contributed by atoms with Crippen LogP contribution in [0.3, 0.4) is 0 Å². The minimum atomic E-state index is -0.500. The summed E-state index contributed by atoms with van der Waals surface area (Å²) in [6.45, 7) is 3.77. The minimum Gasteiger partial charge on any atom is -0.454 e. The summed E-state index contributed by atoms with van der Waals surface area (Å²) in [7, 11) is 0. The van der Waals surface area contributed by atoms with Crippen molar-refractivity contribution in [2.75, 3.05) is 12.5 Å². The molecule has 0 spiro atoms. The van der Waals surface area contributed by atoms with Gasteiger partial charge in [0.2, 0.25) is 6.79 Å². The van der Waals surface area contributed by atoms with Crippen molar-refractivity contribution in [1.82, 2.24) is 4.98 Å². The van der Waals surface area contributed by atoms with Crippen LogP contribution >= 0.6 is 0 Å². The maximum absolute atomic E-state index is 11.6. The lowest BCUT2D eigenvalue weighted by atomic mass is 9.90. The summed E-state index contributed by atoms with van der Waals surface area (Å²) in [5, 5.41) is 21.2. The number of rotatable bonds is 4. The van der Waals surface area contributed by atoms with Gasteiger partial charge >= 0.3 is 0 Å². The van der Waals surface area contributed by atoms with Gasteiger partial charge in [-0.3, -0.25) is 10.1 Å². The third-order valence-corrected chi connectivity index (χ3v) is 4.10. The van der Waals surface area contributed by atoms with Crippen LogP contribution in [0.2, 0.25) is 0 Å². The normalized spacial score (nSPS) is 12.0. The number of nitriles is 1. The number of nitrogens with zero attached hydrogens (tertiary/aromatic N) is 3. The van der Waals surface area contributed by atoms with Crippen molar-refractivity contribution in [1.29, 1.82) is 5.26 Å². The molecule has 0 bridgehead atoms. The van der Waals surface area contributed by atoms with E-state index in [4.69, 9.17) is 15.2 Å². The van der Waals surface area contributed by atoms with Gasteiger partial charge in [-0.25, -0.2) is 4.98 Å². The molecule has 25 heavy (non-hydrogen) atoms. The van der Waals surface area contributed by atoms with Crippen molar-refractivity contribution >= 4 is 11.5 Å². The van der Waals surface area contributed by atoms with Crippen molar-refractivity contribution in [2.45, 2.75) is 26.7 Å². The summed E-state index contributed by atoms with van der Waals surface area (Å²) < 4.78 is 10.6. The smallest absolute Gasteiger partial charge is 0.281 e. The molecule has 0 fully saturated rings. The molecular formula is C17H16N4O4. The summed E-state index contributed by atoms with van der Waals surface area (Å²) in [6.07, 6.45) is 1.41. The molecule has 1 aromatic heterocycles. The molecule has 0 aliphatic carbocycles. The predicted octanol–water partition coefficient (Wildman–Crippen LogP) is 3.10. The number of pyridine rings is 1. The van der Waals surface area contributed by atoms with E-state index in [2.05, 4.69) is 4.98 Å². The zero-order valence-corrected chi connectivity index (χ0v) is 13.8. The number of nitrogen functional groups attached to an aromatic ring is 1. The van der Waals surface area contributed by atoms with Crippen LogP contribution in [0.4, 0.5) is 11.5 Å². The number of hydrogen-bond donors (Lipinski definition) is 1. The molecule has 0 unspecified atom stereocenters. The fourth-order valence-corrected chi connectivity index (χ4v) is 3.01. The number of nitro groups is 1. The highest BCUT2D eigenvalue weighted by atomic mass is 16.7. The lowest BCUT2D eigenvalue weighted by molar-refractivity contribution is -0.384. The molecule has 128 valence electrons. The first-order chi connectivity index (χ1) is 12.0. The maximum atomic E-state index is 11.6. The Labute approximate surface area is 144 Å². The maximum Gasteiger partial charge on any atom is 0.281 e. The molecule has 8 heteroatoms. The van der Waals surface area contributed by atoms with Crippen LogP contribution in [-0.4, -0.2) is 16.7 Å². The minimum absolute atomic E-state index is 0.000374. The van der Waals surface area contributed by atoms with Crippen molar-refractivity contribution in [2.24, 2.45) is 0 Å². The topological polar surface area (TPSA) is 124 Å². The zero-order valence-electron chi connectivity index (χ0n) is 13.8. The van der Waals surface area contributed by atoms with E-state index in [1.54, 1.807) is 6.92 Å². The zero-order chi connectivity index (χ0) is 18.1. The molecule has 1 aliphatic heterocycles. The number of nitrogens with two attached hydrogens (primary N) is 1. The summed E-state index contributed by atoms with van der Waals surface area (Å²) in [5.74, 6) is 0.770. The molecule has 0 saturated heterocycles. The monoisotopic (exact) mass is 340 g/mol. The van der Waals surface area contributed by atoms with Crippen LogP contribution in [-0.2, 0) is 6.42 Å². The first-order valence-corrected chi connectivity index (χ1v) is 7.75. The van der Waals surface area contributed by atoms with E-state index in [1.807, 2.05) is 13.0 Å². The summed E-state index contributed by atoms with van der Waals surface area (Å²) in [4.78, 5) is 15.3. The molecule has 8 nitrogen and oxygen atoms in total. The van der Waals surface area contributed by atoms with E-state index < -0.39 is 4.92 Å². The second-order valence-electron chi connectivity index (χ2n) is 5.65. The molecule has 0 atom stereocenters. The van der Waals surface area contributed by atoms with Gasteiger partial charge in [-0.1, -0.05) is 13.3 Å². The average Bonchev–Trinajstić information content (AvgIpc) is 3.03. The lowest BCUT2D eigenvalue weighted by Gasteiger charge is -2.16. The Hall–Kier alpha value is -3.34. The Balaban J connectivity index is 2.40. The summed E-state index contributed by atoms with van der Waals surface area (Å²) in [6, 6.07) is 4.90. The van der Waals surface area contributed by atoms with Crippen molar-refractivity contribution in [3.05, 3.63) is 39.1 Å². The van der Waals surface area contributed by atoms with Gasteiger partial charge in [0, 0.05) is 11.3 Å². The van der Waals surface area contributed by atoms with E-state index in [0.29, 0.717) is 29.2 Å². The first kappa shape index (κ1) is 16.5. The summed E-state index contributed by atoms with van der Waals surface area (Å²) in [5.41, 5.74) is 8.04. The van der Waals surface area contributed by atoms with Crippen LogP contribution in [0.15, 0.2) is 12.1 Å². The highest BCUT2D eigenvalue weighted by Crippen LogP contribution is 2.45. The number of aryl methyl sites for hydroxylation is 1. The molecule has 1 aliphatic rings. The van der Waals surface area contributed by atoms with Crippen molar-refractivity contribution in [3.63, 3.8) is 0 Å². The van der Waals surface area contributed by atoms with Crippen molar-refractivity contribution < 1.29 is 14.4 Å². The molecule has 0 radical (unpaired) electrons. The average molecular weight is 340 g/mol. The number of hydrogen-bond acceptors (Lipinski definition) is 7. The second-order valence-corrected chi connectivity index (χ2v) is 5.65. The molecule has 1 aromatic carbocycles. The van der Waals surface area contributed by atoms with Gasteiger partial charge < -0.3 is 15.2 Å². The van der Waals surface area contributed by atoms with Gasteiger partial charge in [0.05, 0.1) is 16.6 Å². The Morgan fingerprint density at radius 2 is 2.08 bits per heavy atom. The molecule has 2 N–H and O–H groups in total. The standard InChI is InChI=1S/C17H16N4O4/c1-3-4-10-9(2)20-17(19)12(7-18)16(10)11-5-14-15(25-8-24-14)6-13(11)21(22)23/h5-6H,3-4,8H2,1-2H3,(H2,19,20). The SMILES string of the molecule is CCCc1c(C)nc(N)c(C#N)c1-c1cc2c(cc1[N+](=O)[O-])OCO2.